The van der Waals surface area contributed by atoms with Crippen LogP contribution in [0, 0.1) is 5.92 Å². The Hall–Kier alpha value is -1.41. The number of allylic oxidation sites excluding steroid dienone is 1. The fraction of sp³-hybridized carbons (Fsp3) is 0.375. The predicted octanol–water partition coefficient (Wildman–Crippen LogP) is 4.32. The van der Waals surface area contributed by atoms with Crippen molar-refractivity contribution in [1.29, 1.82) is 0 Å². The van der Waals surface area contributed by atoms with E-state index in [9.17, 15) is 9.59 Å². The maximum atomic E-state index is 12.1. The van der Waals surface area contributed by atoms with Crippen LogP contribution in [0.4, 0.5) is 0 Å². The number of benzene rings is 1. The van der Waals surface area contributed by atoms with Crippen molar-refractivity contribution in [2.45, 2.75) is 33.6 Å². The number of hydrogen-bond donors (Lipinski definition) is 0. The summed E-state index contributed by atoms with van der Waals surface area (Å²) in [6.07, 6.45) is 2.77. The second-order valence-corrected chi connectivity index (χ2v) is 5.40. The monoisotopic (exact) mass is 278 g/mol. The molecule has 0 unspecified atom stereocenters. The number of halogens is 1. The quantitative estimate of drug-likeness (QED) is 0.441. The zero-order valence-corrected chi connectivity index (χ0v) is 12.3. The summed E-state index contributed by atoms with van der Waals surface area (Å²) < 4.78 is 0. The minimum atomic E-state index is -0.214. The van der Waals surface area contributed by atoms with Gasteiger partial charge in [-0.15, -0.1) is 0 Å². The molecular formula is C16H19ClO2. The molecule has 0 aliphatic carbocycles. The van der Waals surface area contributed by atoms with Gasteiger partial charge in [-0.25, -0.2) is 0 Å². The van der Waals surface area contributed by atoms with E-state index in [1.165, 1.54) is 6.92 Å². The number of carbonyl (C=O) groups is 2. The van der Waals surface area contributed by atoms with Crippen molar-refractivity contribution in [2.24, 2.45) is 5.92 Å². The molecule has 0 heterocycles. The minimum absolute atomic E-state index is 0.110. The standard InChI is InChI=1S/C16H19ClO2/c1-11(2)8-9-16(19)14(12(3)18)10-13-6-4-5-7-15(13)17/h4-7,10-11H,8-9H2,1-3H3/b14-10+. The fourth-order valence-corrected chi connectivity index (χ4v) is 1.87. The summed E-state index contributed by atoms with van der Waals surface area (Å²) in [6.45, 7) is 5.52. The molecule has 0 saturated carbocycles. The Morgan fingerprint density at radius 1 is 1.26 bits per heavy atom. The molecule has 0 spiro atoms. The first-order chi connectivity index (χ1) is 8.91. The molecule has 0 N–H and O–H groups in total. The average molecular weight is 279 g/mol. The van der Waals surface area contributed by atoms with Crippen molar-refractivity contribution in [3.05, 3.63) is 40.4 Å². The third-order valence-electron chi connectivity index (χ3n) is 2.83. The Morgan fingerprint density at radius 2 is 1.89 bits per heavy atom. The van der Waals surface area contributed by atoms with Crippen molar-refractivity contribution in [1.82, 2.24) is 0 Å². The molecule has 2 nitrogen and oxygen atoms in total. The van der Waals surface area contributed by atoms with E-state index in [0.29, 0.717) is 22.9 Å². The molecule has 1 aromatic rings. The van der Waals surface area contributed by atoms with Gasteiger partial charge in [0.05, 0.1) is 5.57 Å². The third-order valence-corrected chi connectivity index (χ3v) is 3.18. The second-order valence-electron chi connectivity index (χ2n) is 4.99. The Bertz CT molecular complexity index is 501. The molecule has 0 aliphatic rings. The molecule has 0 radical (unpaired) electrons. The van der Waals surface area contributed by atoms with Gasteiger partial charge in [-0.1, -0.05) is 43.6 Å². The second kappa shape index (κ2) is 7.25. The molecule has 3 heteroatoms. The van der Waals surface area contributed by atoms with E-state index in [0.717, 1.165) is 6.42 Å². The maximum Gasteiger partial charge on any atom is 0.166 e. The van der Waals surface area contributed by atoms with E-state index in [-0.39, 0.29) is 17.1 Å². The molecule has 1 aromatic carbocycles. The fourth-order valence-electron chi connectivity index (χ4n) is 1.68. The minimum Gasteiger partial charge on any atom is -0.294 e. The van der Waals surface area contributed by atoms with Crippen LogP contribution in [-0.4, -0.2) is 11.6 Å². The van der Waals surface area contributed by atoms with Gasteiger partial charge in [0.1, 0.15) is 0 Å². The molecule has 0 amide bonds. The van der Waals surface area contributed by atoms with Crippen molar-refractivity contribution in [2.75, 3.05) is 0 Å². The lowest BCUT2D eigenvalue weighted by atomic mass is 9.97. The zero-order chi connectivity index (χ0) is 14.4. The molecule has 0 atom stereocenters. The first kappa shape index (κ1) is 15.6. The lowest BCUT2D eigenvalue weighted by Gasteiger charge is -2.06. The van der Waals surface area contributed by atoms with Crippen LogP contribution < -0.4 is 0 Å². The van der Waals surface area contributed by atoms with Gasteiger partial charge < -0.3 is 0 Å². The molecule has 0 aromatic heterocycles. The summed E-state index contributed by atoms with van der Waals surface area (Å²) in [5.41, 5.74) is 0.931. The van der Waals surface area contributed by atoms with Gasteiger partial charge in [-0.05, 0) is 37.0 Å². The Balaban J connectivity index is 2.98. The number of ketones is 2. The van der Waals surface area contributed by atoms with Crippen LogP contribution in [0.25, 0.3) is 6.08 Å². The zero-order valence-electron chi connectivity index (χ0n) is 11.6. The van der Waals surface area contributed by atoms with Crippen LogP contribution in [0.1, 0.15) is 39.2 Å². The topological polar surface area (TPSA) is 34.1 Å². The van der Waals surface area contributed by atoms with Crippen LogP contribution in [0.2, 0.25) is 5.02 Å². The van der Waals surface area contributed by atoms with E-state index >= 15 is 0 Å². The van der Waals surface area contributed by atoms with Crippen LogP contribution in [0.5, 0.6) is 0 Å². The van der Waals surface area contributed by atoms with E-state index in [4.69, 9.17) is 11.6 Å². The number of hydrogen-bond acceptors (Lipinski definition) is 2. The summed E-state index contributed by atoms with van der Waals surface area (Å²) in [4.78, 5) is 23.7. The molecule has 19 heavy (non-hydrogen) atoms. The Morgan fingerprint density at radius 3 is 2.42 bits per heavy atom. The highest BCUT2D eigenvalue weighted by Gasteiger charge is 2.15. The summed E-state index contributed by atoms with van der Waals surface area (Å²) >= 11 is 6.04. The average Bonchev–Trinajstić information content (AvgIpc) is 2.34. The highest BCUT2D eigenvalue weighted by Crippen LogP contribution is 2.20. The van der Waals surface area contributed by atoms with Gasteiger partial charge >= 0.3 is 0 Å². The van der Waals surface area contributed by atoms with Gasteiger partial charge in [0, 0.05) is 11.4 Å². The number of carbonyl (C=O) groups excluding carboxylic acids is 2. The van der Waals surface area contributed by atoms with Crippen molar-refractivity contribution in [3.63, 3.8) is 0 Å². The van der Waals surface area contributed by atoms with Crippen LogP contribution in [-0.2, 0) is 9.59 Å². The Kier molecular flexibility index (Phi) is 5.97. The first-order valence-electron chi connectivity index (χ1n) is 6.42. The van der Waals surface area contributed by atoms with Gasteiger partial charge in [0.25, 0.3) is 0 Å². The smallest absolute Gasteiger partial charge is 0.166 e. The molecule has 102 valence electrons. The predicted molar refractivity (Wildman–Crippen MR) is 79.2 cm³/mol. The van der Waals surface area contributed by atoms with Gasteiger partial charge in [-0.3, -0.25) is 9.59 Å². The number of rotatable bonds is 6. The summed E-state index contributed by atoms with van der Waals surface area (Å²) in [6, 6.07) is 7.17. The molecule has 0 fully saturated rings. The van der Waals surface area contributed by atoms with E-state index < -0.39 is 0 Å². The van der Waals surface area contributed by atoms with Gasteiger partial charge in [0.15, 0.2) is 11.6 Å². The summed E-state index contributed by atoms with van der Waals surface area (Å²) in [7, 11) is 0. The van der Waals surface area contributed by atoms with Gasteiger partial charge in [0.2, 0.25) is 0 Å². The van der Waals surface area contributed by atoms with Crippen molar-refractivity contribution in [3.8, 4) is 0 Å². The number of Topliss-reactive ketones (excluding diaryl/α,β-unsaturated/α-hetero) is 2. The Labute approximate surface area is 119 Å². The van der Waals surface area contributed by atoms with E-state index in [2.05, 4.69) is 13.8 Å². The van der Waals surface area contributed by atoms with E-state index in [1.807, 2.05) is 12.1 Å². The van der Waals surface area contributed by atoms with Crippen LogP contribution >= 0.6 is 11.6 Å². The third kappa shape index (κ3) is 4.99. The maximum absolute atomic E-state index is 12.1. The lowest BCUT2D eigenvalue weighted by molar-refractivity contribution is -0.120. The normalized spacial score (nSPS) is 11.7. The lowest BCUT2D eigenvalue weighted by Crippen LogP contribution is -2.11. The largest absolute Gasteiger partial charge is 0.294 e. The SMILES string of the molecule is CC(=O)/C(=C\c1ccccc1Cl)C(=O)CCC(C)C. The van der Waals surface area contributed by atoms with Crippen LogP contribution in [0.15, 0.2) is 29.8 Å². The first-order valence-corrected chi connectivity index (χ1v) is 6.80. The molecule has 1 rings (SSSR count). The summed E-state index contributed by atoms with van der Waals surface area (Å²) in [5.74, 6) is 0.118. The molecule has 0 bridgehead atoms. The highest BCUT2D eigenvalue weighted by atomic mass is 35.5. The van der Waals surface area contributed by atoms with Gasteiger partial charge in [-0.2, -0.15) is 0 Å². The van der Waals surface area contributed by atoms with Crippen LogP contribution in [0.3, 0.4) is 0 Å². The van der Waals surface area contributed by atoms with Crippen molar-refractivity contribution >= 4 is 29.2 Å². The van der Waals surface area contributed by atoms with Crippen molar-refractivity contribution < 1.29 is 9.59 Å². The van der Waals surface area contributed by atoms with E-state index in [1.54, 1.807) is 18.2 Å². The molecular weight excluding hydrogens is 260 g/mol. The highest BCUT2D eigenvalue weighted by molar-refractivity contribution is 6.32. The molecule has 0 aliphatic heterocycles. The summed E-state index contributed by atoms with van der Waals surface area (Å²) in [5, 5.41) is 0.540. The molecule has 0 saturated heterocycles.